The first kappa shape index (κ1) is 17.3. The molecule has 0 bridgehead atoms. The Kier molecular flexibility index (Phi) is 6.31. The Morgan fingerprint density at radius 2 is 1.90 bits per heavy atom. The van der Waals surface area contributed by atoms with Crippen molar-refractivity contribution in [2.24, 2.45) is 11.3 Å². The molecule has 0 aromatic heterocycles. The third-order valence-corrected chi connectivity index (χ3v) is 4.29. The zero-order valence-corrected chi connectivity index (χ0v) is 13.5. The largest absolute Gasteiger partial charge is 0.444 e. The Hall–Kier alpha value is -0.770. The van der Waals surface area contributed by atoms with Crippen LogP contribution in [0.25, 0.3) is 0 Å². The number of amides is 1. The Morgan fingerprint density at radius 3 is 2.35 bits per heavy atom. The van der Waals surface area contributed by atoms with Crippen molar-refractivity contribution in [2.75, 3.05) is 13.2 Å². The van der Waals surface area contributed by atoms with Gasteiger partial charge in [0.25, 0.3) is 0 Å². The number of aliphatic hydroxyl groups is 1. The summed E-state index contributed by atoms with van der Waals surface area (Å²) in [4.78, 5) is 11.8. The van der Waals surface area contributed by atoms with Crippen LogP contribution < -0.4 is 5.32 Å². The number of hydrogen-bond acceptors (Lipinski definition) is 3. The normalized spacial score (nSPS) is 19.6. The lowest BCUT2D eigenvalue weighted by atomic mass is 9.77. The minimum atomic E-state index is -0.483. The standard InChI is InChI=1S/C16H31NO3/c1-5-16(12-18,10-13-8-6-7-9-13)11-17-14(19)20-15(2,3)4/h13,18H,5-12H2,1-4H3,(H,17,19). The van der Waals surface area contributed by atoms with Gasteiger partial charge in [0.15, 0.2) is 0 Å². The summed E-state index contributed by atoms with van der Waals surface area (Å²) < 4.78 is 5.26. The van der Waals surface area contributed by atoms with Crippen LogP contribution in [0, 0.1) is 11.3 Å². The lowest BCUT2D eigenvalue weighted by Gasteiger charge is -2.34. The summed E-state index contributed by atoms with van der Waals surface area (Å²) in [5.74, 6) is 0.697. The van der Waals surface area contributed by atoms with E-state index in [1.165, 1.54) is 25.7 Å². The quantitative estimate of drug-likeness (QED) is 0.785. The molecule has 20 heavy (non-hydrogen) atoms. The highest BCUT2D eigenvalue weighted by atomic mass is 16.6. The molecule has 2 N–H and O–H groups in total. The van der Waals surface area contributed by atoms with Crippen molar-refractivity contribution < 1.29 is 14.6 Å². The molecular formula is C16H31NO3. The number of carbonyl (C=O) groups excluding carboxylic acids is 1. The molecule has 4 nitrogen and oxygen atoms in total. The van der Waals surface area contributed by atoms with Crippen LogP contribution in [-0.2, 0) is 4.74 Å². The van der Waals surface area contributed by atoms with Gasteiger partial charge in [-0.2, -0.15) is 0 Å². The van der Waals surface area contributed by atoms with Crippen molar-refractivity contribution in [3.05, 3.63) is 0 Å². The molecule has 1 atom stereocenters. The third kappa shape index (κ3) is 5.70. The van der Waals surface area contributed by atoms with E-state index in [1.807, 2.05) is 20.8 Å². The smallest absolute Gasteiger partial charge is 0.407 e. The summed E-state index contributed by atoms with van der Waals surface area (Å²) in [6, 6.07) is 0. The van der Waals surface area contributed by atoms with E-state index in [9.17, 15) is 9.90 Å². The second-order valence-electron chi connectivity index (χ2n) is 7.22. The maximum atomic E-state index is 11.8. The monoisotopic (exact) mass is 285 g/mol. The molecule has 1 aliphatic rings. The fourth-order valence-corrected chi connectivity index (χ4v) is 2.97. The molecule has 118 valence electrons. The zero-order valence-electron chi connectivity index (χ0n) is 13.5. The second kappa shape index (κ2) is 7.30. The molecule has 0 heterocycles. The van der Waals surface area contributed by atoms with E-state index < -0.39 is 11.7 Å². The Morgan fingerprint density at radius 1 is 1.30 bits per heavy atom. The van der Waals surface area contributed by atoms with Crippen LogP contribution in [0.1, 0.15) is 66.2 Å². The summed E-state index contributed by atoms with van der Waals surface area (Å²) in [5, 5.41) is 12.6. The van der Waals surface area contributed by atoms with Gasteiger partial charge < -0.3 is 15.2 Å². The van der Waals surface area contributed by atoms with Gasteiger partial charge >= 0.3 is 6.09 Å². The maximum absolute atomic E-state index is 11.8. The minimum absolute atomic E-state index is 0.121. The fourth-order valence-electron chi connectivity index (χ4n) is 2.97. The molecule has 1 aliphatic carbocycles. The first-order valence-electron chi connectivity index (χ1n) is 7.88. The van der Waals surface area contributed by atoms with Crippen LogP contribution in [-0.4, -0.2) is 30.0 Å². The molecule has 0 aliphatic heterocycles. The SMILES string of the molecule is CCC(CO)(CNC(=O)OC(C)(C)C)CC1CCCC1. The van der Waals surface area contributed by atoms with Crippen molar-refractivity contribution in [1.82, 2.24) is 5.32 Å². The predicted octanol–water partition coefficient (Wildman–Crippen LogP) is 3.48. The minimum Gasteiger partial charge on any atom is -0.444 e. The fraction of sp³-hybridized carbons (Fsp3) is 0.938. The lowest BCUT2D eigenvalue weighted by molar-refractivity contribution is 0.0428. The molecule has 0 radical (unpaired) electrons. The number of aliphatic hydroxyl groups excluding tert-OH is 1. The van der Waals surface area contributed by atoms with E-state index in [4.69, 9.17) is 4.74 Å². The van der Waals surface area contributed by atoms with E-state index in [2.05, 4.69) is 12.2 Å². The Bertz CT molecular complexity index is 299. The van der Waals surface area contributed by atoms with Crippen LogP contribution in [0.2, 0.25) is 0 Å². The van der Waals surface area contributed by atoms with Gasteiger partial charge in [0, 0.05) is 12.0 Å². The van der Waals surface area contributed by atoms with Gasteiger partial charge in [0.1, 0.15) is 5.60 Å². The van der Waals surface area contributed by atoms with Gasteiger partial charge in [-0.05, 0) is 39.5 Å². The predicted molar refractivity (Wildman–Crippen MR) is 80.6 cm³/mol. The number of hydrogen-bond donors (Lipinski definition) is 2. The number of nitrogens with one attached hydrogen (secondary N) is 1. The summed E-state index contributed by atoms with van der Waals surface area (Å²) in [7, 11) is 0. The number of alkyl carbamates (subject to hydrolysis) is 1. The molecule has 0 aromatic rings. The zero-order chi connectivity index (χ0) is 15.2. The van der Waals surface area contributed by atoms with E-state index in [-0.39, 0.29) is 12.0 Å². The van der Waals surface area contributed by atoms with Crippen molar-refractivity contribution >= 4 is 6.09 Å². The third-order valence-electron chi connectivity index (χ3n) is 4.29. The van der Waals surface area contributed by atoms with Gasteiger partial charge in [0.2, 0.25) is 0 Å². The van der Waals surface area contributed by atoms with E-state index in [1.54, 1.807) is 0 Å². The number of rotatable bonds is 6. The van der Waals surface area contributed by atoms with Gasteiger partial charge in [-0.25, -0.2) is 4.79 Å². The van der Waals surface area contributed by atoms with Crippen LogP contribution in [0.15, 0.2) is 0 Å². The maximum Gasteiger partial charge on any atom is 0.407 e. The van der Waals surface area contributed by atoms with Crippen LogP contribution in [0.3, 0.4) is 0 Å². The van der Waals surface area contributed by atoms with Gasteiger partial charge in [0.05, 0.1) is 6.61 Å². The highest BCUT2D eigenvalue weighted by Crippen LogP contribution is 2.37. The van der Waals surface area contributed by atoms with Gasteiger partial charge in [-0.15, -0.1) is 0 Å². The topological polar surface area (TPSA) is 58.6 Å². The molecule has 1 rings (SSSR count). The van der Waals surface area contributed by atoms with E-state index >= 15 is 0 Å². The van der Waals surface area contributed by atoms with Crippen molar-refractivity contribution in [1.29, 1.82) is 0 Å². The summed E-state index contributed by atoms with van der Waals surface area (Å²) >= 11 is 0. The molecule has 0 saturated heterocycles. The summed E-state index contributed by atoms with van der Waals surface area (Å²) in [6.45, 7) is 8.25. The molecule has 1 fully saturated rings. The molecule has 1 unspecified atom stereocenters. The molecule has 1 amide bonds. The number of ether oxygens (including phenoxy) is 1. The van der Waals surface area contributed by atoms with Crippen molar-refractivity contribution in [2.45, 2.75) is 71.8 Å². The molecule has 4 heteroatoms. The van der Waals surface area contributed by atoms with E-state index in [0.717, 1.165) is 12.8 Å². The molecule has 0 spiro atoms. The highest BCUT2D eigenvalue weighted by Gasteiger charge is 2.33. The average Bonchev–Trinajstić information content (AvgIpc) is 2.85. The second-order valence-corrected chi connectivity index (χ2v) is 7.22. The molecule has 1 saturated carbocycles. The first-order valence-corrected chi connectivity index (χ1v) is 7.88. The average molecular weight is 285 g/mol. The van der Waals surface area contributed by atoms with E-state index in [0.29, 0.717) is 12.5 Å². The highest BCUT2D eigenvalue weighted by molar-refractivity contribution is 5.67. The van der Waals surface area contributed by atoms with Crippen LogP contribution in [0.4, 0.5) is 4.79 Å². The first-order chi connectivity index (χ1) is 9.30. The Labute approximate surface area is 123 Å². The molecule has 0 aromatic carbocycles. The number of carbonyl (C=O) groups is 1. The van der Waals surface area contributed by atoms with Crippen LogP contribution in [0.5, 0.6) is 0 Å². The van der Waals surface area contributed by atoms with Crippen LogP contribution >= 0.6 is 0 Å². The summed E-state index contributed by atoms with van der Waals surface area (Å²) in [6.07, 6.45) is 6.59. The Balaban J connectivity index is 2.50. The molecular weight excluding hydrogens is 254 g/mol. The van der Waals surface area contributed by atoms with Crippen molar-refractivity contribution in [3.63, 3.8) is 0 Å². The summed E-state index contributed by atoms with van der Waals surface area (Å²) in [5.41, 5.74) is -0.685. The van der Waals surface area contributed by atoms with Crippen molar-refractivity contribution in [3.8, 4) is 0 Å². The van der Waals surface area contributed by atoms with Gasteiger partial charge in [-0.1, -0.05) is 32.6 Å². The lowest BCUT2D eigenvalue weighted by Crippen LogP contribution is -2.42. The van der Waals surface area contributed by atoms with Gasteiger partial charge in [-0.3, -0.25) is 0 Å².